The van der Waals surface area contributed by atoms with Gasteiger partial charge in [-0.05, 0) is 55.5 Å². The maximum Gasteiger partial charge on any atom is 0.251 e. The number of rotatable bonds is 7. The summed E-state index contributed by atoms with van der Waals surface area (Å²) in [6.07, 6.45) is 3.01. The molecule has 1 fully saturated rings. The molecular weight excluding hydrogens is 350 g/mol. The maximum absolute atomic E-state index is 12.5. The molecule has 5 nitrogen and oxygen atoms in total. The highest BCUT2D eigenvalue weighted by atomic mass is 16.2. The molecule has 0 heterocycles. The summed E-state index contributed by atoms with van der Waals surface area (Å²) in [4.78, 5) is 24.9. The third-order valence-corrected chi connectivity index (χ3v) is 5.53. The molecule has 2 aromatic carbocycles. The molecule has 2 aromatic rings. The molecule has 5 heteroatoms. The number of nitrogens with one attached hydrogen (secondary N) is 2. The summed E-state index contributed by atoms with van der Waals surface area (Å²) in [5.74, 6) is 0.264. The van der Waals surface area contributed by atoms with Crippen LogP contribution in [0, 0.1) is 18.8 Å². The Bertz CT molecular complexity index is 817. The summed E-state index contributed by atoms with van der Waals surface area (Å²) in [7, 11) is 0. The van der Waals surface area contributed by atoms with E-state index in [0.717, 1.165) is 30.4 Å². The van der Waals surface area contributed by atoms with Gasteiger partial charge in [0.15, 0.2) is 0 Å². The van der Waals surface area contributed by atoms with Crippen LogP contribution in [0.3, 0.4) is 0 Å². The highest BCUT2D eigenvalue weighted by molar-refractivity contribution is 5.94. The Morgan fingerprint density at radius 1 is 1.00 bits per heavy atom. The lowest BCUT2D eigenvalue weighted by Crippen LogP contribution is -2.34. The summed E-state index contributed by atoms with van der Waals surface area (Å²) in [6, 6.07) is 15.5. The van der Waals surface area contributed by atoms with Crippen molar-refractivity contribution in [2.24, 2.45) is 17.6 Å². The average Bonchev–Trinajstić information content (AvgIpc) is 3.20. The number of amides is 2. The second-order valence-corrected chi connectivity index (χ2v) is 7.62. The number of hydrogen-bond donors (Lipinski definition) is 3. The van der Waals surface area contributed by atoms with Gasteiger partial charge in [-0.25, -0.2) is 0 Å². The topological polar surface area (TPSA) is 84.2 Å². The van der Waals surface area contributed by atoms with Crippen LogP contribution >= 0.6 is 0 Å². The smallest absolute Gasteiger partial charge is 0.251 e. The normalized spacial score (nSPS) is 18.6. The molecule has 3 rings (SSSR count). The van der Waals surface area contributed by atoms with Gasteiger partial charge in [-0.1, -0.05) is 48.4 Å². The standard InChI is InChI=1S/C23H29N3O2/c1-16-8-10-17(11-9-16)14-25-22(27)19-5-2-4-18(12-19)15-26-23(28)21-7-3-6-20(21)13-24/h2,4-5,8-12,20-21H,3,6-7,13-15,24H2,1H3,(H,25,27)(H,26,28)/t20-,21-/m1/s1. The molecule has 2 amide bonds. The van der Waals surface area contributed by atoms with Crippen molar-refractivity contribution in [3.05, 3.63) is 70.8 Å². The molecule has 148 valence electrons. The maximum atomic E-state index is 12.5. The summed E-state index contributed by atoms with van der Waals surface area (Å²) < 4.78 is 0. The Balaban J connectivity index is 1.53. The molecule has 0 unspecified atom stereocenters. The van der Waals surface area contributed by atoms with Crippen LogP contribution in [-0.2, 0) is 17.9 Å². The van der Waals surface area contributed by atoms with Crippen molar-refractivity contribution in [3.63, 3.8) is 0 Å². The minimum absolute atomic E-state index is 0.0194. The van der Waals surface area contributed by atoms with E-state index in [1.54, 1.807) is 6.07 Å². The van der Waals surface area contributed by atoms with E-state index in [1.807, 2.05) is 49.4 Å². The first-order chi connectivity index (χ1) is 13.6. The Kier molecular flexibility index (Phi) is 6.82. The highest BCUT2D eigenvalue weighted by Crippen LogP contribution is 2.31. The molecule has 2 atom stereocenters. The van der Waals surface area contributed by atoms with Gasteiger partial charge >= 0.3 is 0 Å². The Hall–Kier alpha value is -2.66. The number of benzene rings is 2. The van der Waals surface area contributed by atoms with Crippen LogP contribution in [0.25, 0.3) is 0 Å². The molecule has 28 heavy (non-hydrogen) atoms. The molecule has 1 aliphatic carbocycles. The van der Waals surface area contributed by atoms with Crippen molar-refractivity contribution >= 4 is 11.8 Å². The van der Waals surface area contributed by atoms with Crippen molar-refractivity contribution in [1.29, 1.82) is 0 Å². The largest absolute Gasteiger partial charge is 0.352 e. The van der Waals surface area contributed by atoms with Gasteiger partial charge in [-0.3, -0.25) is 9.59 Å². The molecule has 0 aliphatic heterocycles. The van der Waals surface area contributed by atoms with Crippen LogP contribution in [0.2, 0.25) is 0 Å². The second-order valence-electron chi connectivity index (χ2n) is 7.62. The van der Waals surface area contributed by atoms with E-state index < -0.39 is 0 Å². The van der Waals surface area contributed by atoms with Gasteiger partial charge < -0.3 is 16.4 Å². The third-order valence-electron chi connectivity index (χ3n) is 5.53. The van der Waals surface area contributed by atoms with Crippen molar-refractivity contribution in [2.45, 2.75) is 39.3 Å². The first-order valence-corrected chi connectivity index (χ1v) is 9.97. The lowest BCUT2D eigenvalue weighted by atomic mass is 9.95. The van der Waals surface area contributed by atoms with Gasteiger partial charge in [0.25, 0.3) is 5.91 Å². The molecule has 0 saturated heterocycles. The molecule has 0 spiro atoms. The number of nitrogens with two attached hydrogens (primary N) is 1. The lowest BCUT2D eigenvalue weighted by molar-refractivity contribution is -0.126. The first kappa shape index (κ1) is 20.1. The van der Waals surface area contributed by atoms with Crippen molar-refractivity contribution in [2.75, 3.05) is 6.54 Å². The monoisotopic (exact) mass is 379 g/mol. The van der Waals surface area contributed by atoms with Crippen LogP contribution in [0.15, 0.2) is 48.5 Å². The lowest BCUT2D eigenvalue weighted by Gasteiger charge is -2.17. The first-order valence-electron chi connectivity index (χ1n) is 9.97. The zero-order valence-corrected chi connectivity index (χ0v) is 16.4. The van der Waals surface area contributed by atoms with Crippen LogP contribution in [0.1, 0.15) is 46.3 Å². The van der Waals surface area contributed by atoms with E-state index in [1.165, 1.54) is 5.56 Å². The van der Waals surface area contributed by atoms with Gasteiger partial charge in [0.05, 0.1) is 0 Å². The fourth-order valence-electron chi connectivity index (χ4n) is 3.80. The predicted molar refractivity (Wildman–Crippen MR) is 111 cm³/mol. The van der Waals surface area contributed by atoms with Gasteiger partial charge in [0.1, 0.15) is 0 Å². The Morgan fingerprint density at radius 2 is 1.75 bits per heavy atom. The van der Waals surface area contributed by atoms with Crippen molar-refractivity contribution in [3.8, 4) is 0 Å². The molecule has 0 aromatic heterocycles. The van der Waals surface area contributed by atoms with Crippen molar-refractivity contribution in [1.82, 2.24) is 10.6 Å². The minimum Gasteiger partial charge on any atom is -0.352 e. The highest BCUT2D eigenvalue weighted by Gasteiger charge is 2.31. The molecule has 1 aliphatic rings. The van der Waals surface area contributed by atoms with Gasteiger partial charge in [0.2, 0.25) is 5.91 Å². The summed E-state index contributed by atoms with van der Waals surface area (Å²) in [6.45, 7) is 3.51. The summed E-state index contributed by atoms with van der Waals surface area (Å²) >= 11 is 0. The van der Waals surface area contributed by atoms with E-state index in [4.69, 9.17) is 5.73 Å². The van der Waals surface area contributed by atoms with Gasteiger partial charge in [-0.2, -0.15) is 0 Å². The molecular formula is C23H29N3O2. The molecule has 1 saturated carbocycles. The fraction of sp³-hybridized carbons (Fsp3) is 0.391. The summed E-state index contributed by atoms with van der Waals surface area (Å²) in [5.41, 5.74) is 9.55. The van der Waals surface area contributed by atoms with Crippen LogP contribution < -0.4 is 16.4 Å². The fourth-order valence-corrected chi connectivity index (χ4v) is 3.80. The number of aryl methyl sites for hydroxylation is 1. The molecule has 0 bridgehead atoms. The van der Waals surface area contributed by atoms with Crippen molar-refractivity contribution < 1.29 is 9.59 Å². The van der Waals surface area contributed by atoms with E-state index in [0.29, 0.717) is 31.1 Å². The zero-order valence-electron chi connectivity index (χ0n) is 16.4. The summed E-state index contributed by atoms with van der Waals surface area (Å²) in [5, 5.41) is 5.95. The van der Waals surface area contributed by atoms with Crippen LogP contribution in [-0.4, -0.2) is 18.4 Å². The van der Waals surface area contributed by atoms with E-state index in [2.05, 4.69) is 10.6 Å². The molecule has 4 N–H and O–H groups in total. The Labute approximate surface area is 166 Å². The molecule has 0 radical (unpaired) electrons. The Morgan fingerprint density at radius 3 is 2.50 bits per heavy atom. The number of carbonyl (C=O) groups is 2. The minimum atomic E-state index is -0.118. The second kappa shape index (κ2) is 9.51. The van der Waals surface area contributed by atoms with Crippen LogP contribution in [0.5, 0.6) is 0 Å². The predicted octanol–water partition coefficient (Wildman–Crippen LogP) is 2.92. The van der Waals surface area contributed by atoms with Gasteiger partial charge in [-0.15, -0.1) is 0 Å². The number of hydrogen-bond acceptors (Lipinski definition) is 3. The number of carbonyl (C=O) groups excluding carboxylic acids is 2. The average molecular weight is 380 g/mol. The van der Waals surface area contributed by atoms with E-state index in [9.17, 15) is 9.59 Å². The SMILES string of the molecule is Cc1ccc(CNC(=O)c2cccc(CNC(=O)[C@@H]3CCC[C@@H]3CN)c2)cc1. The quantitative estimate of drug-likeness (QED) is 0.692. The van der Waals surface area contributed by atoms with Crippen LogP contribution in [0.4, 0.5) is 0 Å². The zero-order chi connectivity index (χ0) is 19.9. The van der Waals surface area contributed by atoms with Gasteiger partial charge in [0, 0.05) is 24.6 Å². The van der Waals surface area contributed by atoms with E-state index in [-0.39, 0.29) is 17.7 Å². The third kappa shape index (κ3) is 5.20. The van der Waals surface area contributed by atoms with E-state index >= 15 is 0 Å².